The molecule has 0 bridgehead atoms. The molecule has 0 amide bonds. The second-order valence-corrected chi connectivity index (χ2v) is 6.45. The van der Waals surface area contributed by atoms with Crippen LogP contribution in [-0.2, 0) is 0 Å². The van der Waals surface area contributed by atoms with Crippen LogP contribution < -0.4 is 10.7 Å². The van der Waals surface area contributed by atoms with Gasteiger partial charge < -0.3 is 5.32 Å². The molecule has 2 aromatic carbocycles. The van der Waals surface area contributed by atoms with Crippen LogP contribution in [0, 0.1) is 10.1 Å². The van der Waals surface area contributed by atoms with Gasteiger partial charge in [0.1, 0.15) is 0 Å². The van der Waals surface area contributed by atoms with Crippen molar-refractivity contribution in [2.24, 2.45) is 5.10 Å². The van der Waals surface area contributed by atoms with E-state index in [4.69, 9.17) is 23.8 Å². The summed E-state index contributed by atoms with van der Waals surface area (Å²) in [6, 6.07) is 12.0. The molecule has 0 aromatic heterocycles. The van der Waals surface area contributed by atoms with Crippen molar-refractivity contribution in [2.75, 3.05) is 7.05 Å². The van der Waals surface area contributed by atoms with Crippen molar-refractivity contribution in [2.45, 2.75) is 9.79 Å². The molecule has 0 saturated heterocycles. The molecule has 0 aliphatic heterocycles. The zero-order chi connectivity index (χ0) is 17.5. The lowest BCUT2D eigenvalue weighted by Crippen LogP contribution is -2.28. The summed E-state index contributed by atoms with van der Waals surface area (Å²) in [4.78, 5) is 12.3. The van der Waals surface area contributed by atoms with Crippen LogP contribution in [0.2, 0.25) is 5.02 Å². The fourth-order valence-electron chi connectivity index (χ4n) is 1.69. The van der Waals surface area contributed by atoms with E-state index in [0.29, 0.717) is 20.6 Å². The maximum Gasteiger partial charge on any atom is 0.283 e. The predicted molar refractivity (Wildman–Crippen MR) is 101 cm³/mol. The normalized spacial score (nSPS) is 10.6. The predicted octanol–water partition coefficient (Wildman–Crippen LogP) is 3.83. The zero-order valence-electron chi connectivity index (χ0n) is 12.5. The Morgan fingerprint density at radius 2 is 2.04 bits per heavy atom. The lowest BCUT2D eigenvalue weighted by atomic mass is 10.2. The Balaban J connectivity index is 2.21. The lowest BCUT2D eigenvalue weighted by molar-refractivity contribution is -0.387. The average molecular weight is 381 g/mol. The van der Waals surface area contributed by atoms with Crippen LogP contribution in [0.25, 0.3) is 0 Å². The second kappa shape index (κ2) is 8.62. The lowest BCUT2D eigenvalue weighted by Gasteiger charge is -2.04. The highest BCUT2D eigenvalue weighted by Gasteiger charge is 2.15. The first-order valence-corrected chi connectivity index (χ1v) is 8.32. The summed E-state index contributed by atoms with van der Waals surface area (Å²) in [6.07, 6.45) is 1.47. The molecule has 6 nitrogen and oxygen atoms in total. The number of hydrazone groups is 1. The molecule has 0 radical (unpaired) electrons. The van der Waals surface area contributed by atoms with Crippen molar-refractivity contribution in [1.29, 1.82) is 0 Å². The molecule has 0 atom stereocenters. The first-order chi connectivity index (χ1) is 11.5. The van der Waals surface area contributed by atoms with E-state index in [0.717, 1.165) is 4.90 Å². The zero-order valence-corrected chi connectivity index (χ0v) is 14.9. The number of nitrogens with one attached hydrogen (secondary N) is 2. The fourth-order valence-corrected chi connectivity index (χ4v) is 2.77. The summed E-state index contributed by atoms with van der Waals surface area (Å²) >= 11 is 12.0. The number of benzene rings is 2. The summed E-state index contributed by atoms with van der Waals surface area (Å²) in [7, 11) is 1.67. The van der Waals surface area contributed by atoms with Gasteiger partial charge >= 0.3 is 0 Å². The van der Waals surface area contributed by atoms with Gasteiger partial charge in [-0.05, 0) is 42.5 Å². The quantitative estimate of drug-likeness (QED) is 0.355. The fraction of sp³-hybridized carbons (Fsp3) is 0.0667. The van der Waals surface area contributed by atoms with Crippen molar-refractivity contribution < 1.29 is 4.92 Å². The second-order valence-electron chi connectivity index (χ2n) is 4.49. The first kappa shape index (κ1) is 18.2. The van der Waals surface area contributed by atoms with E-state index in [1.165, 1.54) is 24.0 Å². The molecule has 0 heterocycles. The molecule has 0 fully saturated rings. The molecule has 24 heavy (non-hydrogen) atoms. The monoisotopic (exact) mass is 380 g/mol. The van der Waals surface area contributed by atoms with E-state index in [1.807, 2.05) is 12.1 Å². The van der Waals surface area contributed by atoms with Crippen molar-refractivity contribution in [3.63, 3.8) is 0 Å². The van der Waals surface area contributed by atoms with E-state index < -0.39 is 4.92 Å². The van der Waals surface area contributed by atoms with Gasteiger partial charge in [0.25, 0.3) is 5.69 Å². The summed E-state index contributed by atoms with van der Waals surface area (Å²) in [5, 5.41) is 18.9. The topological polar surface area (TPSA) is 79.6 Å². The molecule has 0 saturated carbocycles. The SMILES string of the molecule is CNC(=S)N/N=C\c1ccc(Sc2ccc(Cl)cc2)c([N+](=O)[O-])c1. The Morgan fingerprint density at radius 3 is 2.67 bits per heavy atom. The number of halogens is 1. The number of hydrogen-bond acceptors (Lipinski definition) is 5. The molecule has 2 aromatic rings. The largest absolute Gasteiger partial charge is 0.364 e. The van der Waals surface area contributed by atoms with E-state index in [1.54, 1.807) is 31.3 Å². The van der Waals surface area contributed by atoms with Gasteiger partial charge in [0.15, 0.2) is 5.11 Å². The van der Waals surface area contributed by atoms with Gasteiger partial charge in [0.2, 0.25) is 0 Å². The highest BCUT2D eigenvalue weighted by atomic mass is 35.5. The van der Waals surface area contributed by atoms with Gasteiger partial charge in [-0.25, -0.2) is 0 Å². The maximum atomic E-state index is 11.3. The molecule has 124 valence electrons. The van der Waals surface area contributed by atoms with Crippen molar-refractivity contribution in [3.05, 3.63) is 63.2 Å². The molecule has 0 aliphatic carbocycles. The molecule has 9 heteroatoms. The molecular weight excluding hydrogens is 368 g/mol. The maximum absolute atomic E-state index is 11.3. The summed E-state index contributed by atoms with van der Waals surface area (Å²) in [5.74, 6) is 0. The highest BCUT2D eigenvalue weighted by Crippen LogP contribution is 2.35. The number of nitrogens with zero attached hydrogens (tertiary/aromatic N) is 2. The Hall–Kier alpha value is -2.16. The minimum Gasteiger partial charge on any atom is -0.364 e. The van der Waals surface area contributed by atoms with Crippen LogP contribution in [0.3, 0.4) is 0 Å². The Labute approximate surface area is 153 Å². The standard InChI is InChI=1S/C15H13ClN4O2S2/c1-17-15(23)19-18-9-10-2-7-14(13(8-10)20(21)22)24-12-5-3-11(16)4-6-12/h2-9H,1H3,(H2,17,19,23)/b18-9-. The third kappa shape index (κ3) is 5.19. The smallest absolute Gasteiger partial charge is 0.283 e. The summed E-state index contributed by atoms with van der Waals surface area (Å²) in [6.45, 7) is 0. The molecule has 2 N–H and O–H groups in total. The first-order valence-electron chi connectivity index (χ1n) is 6.72. The van der Waals surface area contributed by atoms with Crippen LogP contribution in [0.15, 0.2) is 57.4 Å². The van der Waals surface area contributed by atoms with Crippen molar-refractivity contribution in [1.82, 2.24) is 10.7 Å². The number of thiocarbonyl (C=S) groups is 1. The minimum absolute atomic E-state index is 0.00935. The van der Waals surface area contributed by atoms with E-state index in [-0.39, 0.29) is 5.69 Å². The van der Waals surface area contributed by atoms with Crippen molar-refractivity contribution in [3.8, 4) is 0 Å². The number of nitro benzene ring substituents is 1. The van der Waals surface area contributed by atoms with E-state index >= 15 is 0 Å². The van der Waals surface area contributed by atoms with E-state index in [9.17, 15) is 10.1 Å². The Morgan fingerprint density at radius 1 is 1.33 bits per heavy atom. The minimum atomic E-state index is -0.415. The van der Waals surface area contributed by atoms with Crippen LogP contribution in [-0.4, -0.2) is 23.3 Å². The molecule has 0 unspecified atom stereocenters. The van der Waals surface area contributed by atoms with Crippen molar-refractivity contribution >= 4 is 52.6 Å². The van der Waals surface area contributed by atoms with Crippen LogP contribution in [0.1, 0.15) is 5.56 Å². The molecule has 0 aliphatic rings. The Kier molecular flexibility index (Phi) is 6.53. The number of hydrogen-bond donors (Lipinski definition) is 2. The highest BCUT2D eigenvalue weighted by molar-refractivity contribution is 7.99. The Bertz CT molecular complexity index is 782. The van der Waals surface area contributed by atoms with Gasteiger partial charge in [0, 0.05) is 28.6 Å². The van der Waals surface area contributed by atoms with E-state index in [2.05, 4.69) is 15.8 Å². The summed E-state index contributed by atoms with van der Waals surface area (Å²) < 4.78 is 0. The van der Waals surface area contributed by atoms with Gasteiger partial charge in [0.05, 0.1) is 16.0 Å². The molecular formula is C15H13ClN4O2S2. The third-order valence-corrected chi connectivity index (χ3v) is 4.45. The van der Waals surface area contributed by atoms with Crippen LogP contribution in [0.5, 0.6) is 0 Å². The van der Waals surface area contributed by atoms with Crippen LogP contribution in [0.4, 0.5) is 5.69 Å². The number of nitro groups is 1. The van der Waals surface area contributed by atoms with Gasteiger partial charge in [-0.3, -0.25) is 15.5 Å². The third-order valence-electron chi connectivity index (χ3n) is 2.83. The van der Waals surface area contributed by atoms with Gasteiger partial charge in [-0.1, -0.05) is 29.4 Å². The van der Waals surface area contributed by atoms with Gasteiger partial charge in [-0.15, -0.1) is 0 Å². The van der Waals surface area contributed by atoms with Crippen LogP contribution >= 0.6 is 35.6 Å². The average Bonchev–Trinajstić information content (AvgIpc) is 2.57. The van der Waals surface area contributed by atoms with Gasteiger partial charge in [-0.2, -0.15) is 5.10 Å². The molecule has 2 rings (SSSR count). The summed E-state index contributed by atoms with van der Waals surface area (Å²) in [5.41, 5.74) is 3.19. The number of rotatable bonds is 5. The molecule has 0 spiro atoms.